The van der Waals surface area contributed by atoms with E-state index in [1.165, 1.54) is 0 Å². The summed E-state index contributed by atoms with van der Waals surface area (Å²) in [5, 5.41) is 22.5. The molecule has 0 aliphatic carbocycles. The molecule has 11 nitrogen and oxygen atoms in total. The van der Waals surface area contributed by atoms with Gasteiger partial charge < -0.3 is 31.1 Å². The fourth-order valence-electron chi connectivity index (χ4n) is 5.60. The number of carbonyl (C=O) groups is 2. The molecule has 3 amide bonds. The Kier molecular flexibility index (Phi) is 8.34. The molecule has 6 rings (SSSR count). The third-order valence-electron chi connectivity index (χ3n) is 7.92. The van der Waals surface area contributed by atoms with E-state index in [1.54, 1.807) is 35.4 Å². The molecule has 0 radical (unpaired) electrons. The molecular weight excluding hydrogens is 578 g/mol. The van der Waals surface area contributed by atoms with E-state index in [1.807, 2.05) is 36.3 Å². The van der Waals surface area contributed by atoms with Crippen molar-refractivity contribution < 1.29 is 9.59 Å². The number of pyridine rings is 1. The van der Waals surface area contributed by atoms with Crippen molar-refractivity contribution in [2.75, 3.05) is 47.9 Å². The summed E-state index contributed by atoms with van der Waals surface area (Å²) in [5.41, 5.74) is 5.30. The number of likely N-dealkylation sites (N-methyl/N-ethyl adjacent to an activating group) is 1. The van der Waals surface area contributed by atoms with Gasteiger partial charge in [0.25, 0.3) is 0 Å². The molecule has 1 atom stereocenters. The molecule has 12 heteroatoms. The molecule has 3 aliphatic rings. The number of hydrogen-bond acceptors (Lipinski definition) is 8. The van der Waals surface area contributed by atoms with Crippen LogP contribution in [0.2, 0.25) is 0 Å². The lowest BCUT2D eigenvalue weighted by atomic mass is 10.0. The lowest BCUT2D eigenvalue weighted by Crippen LogP contribution is -2.37. The number of aliphatic imine (C=N–C) groups is 1. The monoisotopic (exact) mass is 609 g/mol. The Hall–Kier alpha value is -5.08. The molecule has 1 fully saturated rings. The average Bonchev–Trinajstić information content (AvgIpc) is 3.48. The van der Waals surface area contributed by atoms with Gasteiger partial charge in [-0.3, -0.25) is 9.78 Å². The number of nitrogens with one attached hydrogen (secondary N) is 4. The second-order valence-corrected chi connectivity index (χ2v) is 11.6. The lowest BCUT2D eigenvalue weighted by molar-refractivity contribution is -0.117. The van der Waals surface area contributed by atoms with Gasteiger partial charge in [0.2, 0.25) is 11.9 Å². The van der Waals surface area contributed by atoms with E-state index in [0.717, 1.165) is 41.0 Å². The van der Waals surface area contributed by atoms with Gasteiger partial charge in [-0.25, -0.2) is 4.79 Å². The number of para-hydroxylation sites is 1. The largest absolute Gasteiger partial charge is 0.340 e. The van der Waals surface area contributed by atoms with Crippen LogP contribution in [0.4, 0.5) is 27.5 Å². The number of carbonyl (C=O) groups excluding carboxylic acids is 2. The smallest absolute Gasteiger partial charge is 0.321 e. The predicted molar refractivity (Wildman–Crippen MR) is 171 cm³/mol. The van der Waals surface area contributed by atoms with Gasteiger partial charge in [0.1, 0.15) is 6.07 Å². The summed E-state index contributed by atoms with van der Waals surface area (Å²) in [4.78, 5) is 38.8. The summed E-state index contributed by atoms with van der Waals surface area (Å²) in [6, 6.07) is 16.6. The Labute approximate surface area is 260 Å². The number of hydrogen-bond donors (Lipinski definition) is 4. The van der Waals surface area contributed by atoms with Gasteiger partial charge >= 0.3 is 6.03 Å². The number of nitriles is 1. The molecular formula is C32H32ClN9O2. The minimum Gasteiger partial charge on any atom is -0.340 e. The van der Waals surface area contributed by atoms with Crippen LogP contribution in [-0.4, -0.2) is 59.4 Å². The maximum atomic E-state index is 13.2. The topological polar surface area (TPSA) is 138 Å². The molecule has 3 aliphatic heterocycles. The highest BCUT2D eigenvalue weighted by Gasteiger charge is 2.28. The summed E-state index contributed by atoms with van der Waals surface area (Å²) in [5.74, 6) is 1.15. The third kappa shape index (κ3) is 6.61. The summed E-state index contributed by atoms with van der Waals surface area (Å²) < 4.78 is 0. The number of aryl methyl sites for hydroxylation is 2. The van der Waals surface area contributed by atoms with Crippen molar-refractivity contribution in [2.24, 2.45) is 10.9 Å². The summed E-state index contributed by atoms with van der Waals surface area (Å²) >= 11 is 6.57. The molecule has 6 bridgehead atoms. The highest BCUT2D eigenvalue weighted by atomic mass is 35.5. The van der Waals surface area contributed by atoms with E-state index in [0.29, 0.717) is 60.5 Å². The second-order valence-electron chi connectivity index (χ2n) is 11.2. The van der Waals surface area contributed by atoms with Crippen LogP contribution in [0.3, 0.4) is 0 Å². The van der Waals surface area contributed by atoms with Crippen molar-refractivity contribution in [1.29, 1.82) is 5.26 Å². The minimum absolute atomic E-state index is 0.0323. The maximum Gasteiger partial charge on any atom is 0.321 e. The van der Waals surface area contributed by atoms with E-state index >= 15 is 0 Å². The number of fused-ring (bicyclic) bond motifs is 5. The van der Waals surface area contributed by atoms with E-state index in [2.05, 4.69) is 38.4 Å². The van der Waals surface area contributed by atoms with Crippen LogP contribution >= 0.6 is 11.6 Å². The molecule has 3 aromatic rings. The first-order valence-electron chi connectivity index (χ1n) is 14.5. The van der Waals surface area contributed by atoms with Crippen molar-refractivity contribution >= 4 is 52.2 Å². The summed E-state index contributed by atoms with van der Waals surface area (Å²) in [6.45, 7) is 1.51. The molecule has 4 heterocycles. The maximum absolute atomic E-state index is 13.2. The van der Waals surface area contributed by atoms with Crippen molar-refractivity contribution in [2.45, 2.75) is 25.7 Å². The number of aromatic nitrogens is 1. The number of urea groups is 1. The molecule has 0 saturated carbocycles. The number of amides is 3. The van der Waals surface area contributed by atoms with Gasteiger partial charge in [-0.2, -0.15) is 10.3 Å². The van der Waals surface area contributed by atoms with Crippen LogP contribution in [0.15, 0.2) is 76.8 Å². The quantitative estimate of drug-likeness (QED) is 0.320. The number of benzene rings is 2. The Morgan fingerprint density at radius 3 is 2.80 bits per heavy atom. The van der Waals surface area contributed by atoms with Crippen LogP contribution < -0.4 is 21.3 Å². The van der Waals surface area contributed by atoms with Gasteiger partial charge in [0, 0.05) is 44.1 Å². The van der Waals surface area contributed by atoms with Gasteiger partial charge in [-0.15, -0.1) is 0 Å². The molecule has 2 aromatic carbocycles. The van der Waals surface area contributed by atoms with Gasteiger partial charge in [-0.1, -0.05) is 23.7 Å². The third-order valence-corrected chi connectivity index (χ3v) is 8.22. The summed E-state index contributed by atoms with van der Waals surface area (Å²) in [6.07, 6.45) is 6.03. The molecule has 4 N–H and O–H groups in total. The van der Waals surface area contributed by atoms with Crippen LogP contribution in [0, 0.1) is 17.2 Å². The zero-order chi connectivity index (χ0) is 30.6. The fourth-order valence-corrected chi connectivity index (χ4v) is 5.87. The minimum atomic E-state index is -0.269. The Morgan fingerprint density at radius 1 is 1.07 bits per heavy atom. The molecule has 0 spiro atoms. The highest BCUT2D eigenvalue weighted by molar-refractivity contribution is 6.30. The molecule has 0 unspecified atom stereocenters. The van der Waals surface area contributed by atoms with Crippen LogP contribution in [0.5, 0.6) is 0 Å². The number of rotatable bonds is 4. The Morgan fingerprint density at radius 2 is 1.93 bits per heavy atom. The number of nitrogens with zero attached hydrogens (tertiary/aromatic N) is 5. The highest BCUT2D eigenvalue weighted by Crippen LogP contribution is 2.29. The number of guanidine groups is 1. The molecule has 1 saturated heterocycles. The van der Waals surface area contributed by atoms with Gasteiger partial charge in [-0.05, 0) is 72.7 Å². The van der Waals surface area contributed by atoms with Gasteiger partial charge in [0.15, 0.2) is 5.82 Å². The zero-order valence-corrected chi connectivity index (χ0v) is 25.0. The number of likely N-dealkylation sites (tertiary alicyclic amines) is 1. The van der Waals surface area contributed by atoms with Crippen molar-refractivity contribution in [3.05, 3.63) is 88.5 Å². The first kappa shape index (κ1) is 29.0. The first-order chi connectivity index (χ1) is 21.3. The standard InChI is InChI=1S/C32H32ClN9O2/c1-41-19-26(33)30-36-24-8-9-28(22(14-24)7-6-20-12-25(17-35-16-20)37-31(41)40-30)38-29(43)13-21-10-11-42(18-21)32(44)39-27-5-3-2-4-23(27)15-34/h2-5,8-9,12,14,16-17,21,36H,6-7,10-11,13,18-19H2,1H3,(H,37,40)(H,38,43)(H,39,44)/t21-/m1/s1. The van der Waals surface area contributed by atoms with Crippen LogP contribution in [0.1, 0.15) is 29.5 Å². The van der Waals surface area contributed by atoms with Crippen molar-refractivity contribution in [1.82, 2.24) is 14.8 Å². The van der Waals surface area contributed by atoms with E-state index in [4.69, 9.17) is 16.6 Å². The van der Waals surface area contributed by atoms with E-state index in [-0.39, 0.29) is 17.9 Å². The van der Waals surface area contributed by atoms with E-state index < -0.39 is 0 Å². The van der Waals surface area contributed by atoms with Crippen LogP contribution in [0.25, 0.3) is 0 Å². The molecule has 1 aromatic heterocycles. The van der Waals surface area contributed by atoms with Crippen molar-refractivity contribution in [3.8, 4) is 6.07 Å². The first-order valence-corrected chi connectivity index (χ1v) is 14.9. The zero-order valence-electron chi connectivity index (χ0n) is 24.2. The van der Waals surface area contributed by atoms with Crippen LogP contribution in [-0.2, 0) is 17.6 Å². The normalized spacial score (nSPS) is 17.6. The molecule has 44 heavy (non-hydrogen) atoms. The number of anilines is 4. The summed E-state index contributed by atoms with van der Waals surface area (Å²) in [7, 11) is 1.92. The Bertz CT molecular complexity index is 1710. The predicted octanol–water partition coefficient (Wildman–Crippen LogP) is 5.17. The SMILES string of the molecule is CN1CC(Cl)=C2N=C1Nc1cncc(c1)CCc1cc(ccc1NC(=O)C[C@H]1CCN(C(=O)Nc3ccccc3C#N)C1)N2. The number of halogens is 1. The van der Waals surface area contributed by atoms with Gasteiger partial charge in [0.05, 0.1) is 34.7 Å². The average molecular weight is 610 g/mol. The fraction of sp³-hybridized carbons (Fsp3) is 0.281. The molecule has 224 valence electrons. The lowest BCUT2D eigenvalue weighted by Gasteiger charge is -2.27. The van der Waals surface area contributed by atoms with E-state index in [9.17, 15) is 14.9 Å². The van der Waals surface area contributed by atoms with Crippen molar-refractivity contribution in [3.63, 3.8) is 0 Å². The Balaban J connectivity index is 1.14. The second kappa shape index (κ2) is 12.7.